The first-order chi connectivity index (χ1) is 16.8. The maximum Gasteiger partial charge on any atom is 0.326 e. The highest BCUT2D eigenvalue weighted by Crippen LogP contribution is 2.34. The van der Waals surface area contributed by atoms with Gasteiger partial charge < -0.3 is 10.2 Å². The van der Waals surface area contributed by atoms with Gasteiger partial charge in [0.15, 0.2) is 0 Å². The first-order valence-electron chi connectivity index (χ1n) is 12.8. The lowest BCUT2D eigenvalue weighted by Crippen LogP contribution is -2.48. The average Bonchev–Trinajstić information content (AvgIpc) is 2.81. The van der Waals surface area contributed by atoms with Crippen LogP contribution in [0.25, 0.3) is 0 Å². The summed E-state index contributed by atoms with van der Waals surface area (Å²) in [4.78, 5) is 12.2. The molecule has 200 valence electrons. The largest absolute Gasteiger partial charge is 0.508 e. The summed E-state index contributed by atoms with van der Waals surface area (Å²) < 4.78 is 2.57. The van der Waals surface area contributed by atoms with Gasteiger partial charge in [-0.2, -0.15) is 1.33 Å². The highest BCUT2D eigenvalue weighted by atomic mass is 127. The van der Waals surface area contributed by atoms with Gasteiger partial charge in [-0.3, -0.25) is 4.79 Å². The maximum atomic E-state index is 12.2. The van der Waals surface area contributed by atoms with Gasteiger partial charge in [-0.05, 0) is 56.2 Å². The molecular formula is C27H41I4NO3. The Balaban J connectivity index is 2.14. The standard InChI is InChI=1S/C27H41I4NO3/c28-25(29)16-14-12-10-8-6-4-2-1-3-5-7-9-11-13-15-21-27(26(34)35,32(30)31)22-23-17-19-24(33)20-18-23/h1-2,17-20,25,33H,3-16,21-22H2,(H,34,35)/b2-1+/t27-/m0/s1. The molecule has 0 heterocycles. The third kappa shape index (κ3) is 16.0. The van der Waals surface area contributed by atoms with Gasteiger partial charge >= 0.3 is 5.97 Å². The van der Waals surface area contributed by atoms with E-state index in [4.69, 9.17) is 0 Å². The van der Waals surface area contributed by atoms with E-state index in [1.54, 1.807) is 13.5 Å². The molecule has 0 aliphatic carbocycles. The molecule has 2 N–H and O–H groups in total. The van der Waals surface area contributed by atoms with E-state index in [0.717, 1.165) is 26.8 Å². The molecule has 0 amide bonds. The van der Waals surface area contributed by atoms with Gasteiger partial charge in [0.05, 0.1) is 1.93 Å². The van der Waals surface area contributed by atoms with Gasteiger partial charge in [-0.1, -0.05) is 127 Å². The number of carbonyl (C=O) groups is 1. The molecule has 0 aliphatic heterocycles. The van der Waals surface area contributed by atoms with Crippen LogP contribution < -0.4 is 0 Å². The predicted molar refractivity (Wildman–Crippen MR) is 182 cm³/mol. The van der Waals surface area contributed by atoms with E-state index in [2.05, 4.69) is 103 Å². The number of hydrogen-bond acceptors (Lipinski definition) is 3. The molecule has 0 unspecified atom stereocenters. The van der Waals surface area contributed by atoms with Crippen molar-refractivity contribution in [2.75, 3.05) is 0 Å². The summed E-state index contributed by atoms with van der Waals surface area (Å²) in [5.74, 6) is -0.583. The minimum absolute atomic E-state index is 0.202. The summed E-state index contributed by atoms with van der Waals surface area (Å²) in [5.41, 5.74) is -0.00575. The molecule has 35 heavy (non-hydrogen) atoms. The van der Waals surface area contributed by atoms with Crippen LogP contribution in [0.3, 0.4) is 0 Å². The quantitative estimate of drug-likeness (QED) is 0.0424. The fraction of sp³-hybridized carbons (Fsp3) is 0.667. The molecule has 0 saturated heterocycles. The van der Waals surface area contributed by atoms with E-state index in [1.807, 2.05) is 12.1 Å². The zero-order chi connectivity index (χ0) is 25.9. The van der Waals surface area contributed by atoms with Crippen LogP contribution in [-0.4, -0.2) is 25.0 Å². The molecule has 1 atom stereocenters. The normalized spacial score (nSPS) is 13.7. The second-order valence-electron chi connectivity index (χ2n) is 9.28. The molecule has 8 heteroatoms. The summed E-state index contributed by atoms with van der Waals surface area (Å²) in [6.07, 6.45) is 23.2. The number of rotatable bonds is 21. The van der Waals surface area contributed by atoms with Crippen molar-refractivity contribution in [1.29, 1.82) is 0 Å². The van der Waals surface area contributed by atoms with Gasteiger partial charge in [0.25, 0.3) is 0 Å². The number of nitrogens with zero attached hydrogens (tertiary/aromatic N) is 1. The Morgan fingerprint density at radius 1 is 0.829 bits per heavy atom. The Bertz CT molecular complexity index is 713. The number of carboxylic acids is 1. The predicted octanol–water partition coefficient (Wildman–Crippen LogP) is 10.4. The van der Waals surface area contributed by atoms with Crippen molar-refractivity contribution >= 4 is 96.9 Å². The van der Waals surface area contributed by atoms with E-state index in [1.165, 1.54) is 70.6 Å². The summed E-state index contributed by atoms with van der Waals surface area (Å²) in [5, 5.41) is 19.6. The van der Waals surface area contributed by atoms with E-state index in [0.29, 0.717) is 12.8 Å². The van der Waals surface area contributed by atoms with E-state index < -0.39 is 11.5 Å². The van der Waals surface area contributed by atoms with E-state index in [-0.39, 0.29) is 5.75 Å². The minimum atomic E-state index is -0.934. The smallest absolute Gasteiger partial charge is 0.326 e. The lowest BCUT2D eigenvalue weighted by molar-refractivity contribution is -0.145. The number of alkyl halides is 2. The number of unbranched alkanes of at least 4 members (excludes halogenated alkanes) is 11. The number of halogens is 4. The van der Waals surface area contributed by atoms with Crippen LogP contribution in [0.4, 0.5) is 0 Å². The number of phenolic OH excluding ortho intramolecular Hbond substituents is 1. The third-order valence-corrected chi connectivity index (χ3v) is 9.42. The van der Waals surface area contributed by atoms with Gasteiger partial charge in [-0.25, -0.2) is 0 Å². The Morgan fingerprint density at radius 2 is 1.31 bits per heavy atom. The summed E-state index contributed by atoms with van der Waals surface area (Å²) >= 11 is 9.19. The van der Waals surface area contributed by atoms with Gasteiger partial charge in [0, 0.05) is 52.1 Å². The van der Waals surface area contributed by atoms with Crippen molar-refractivity contribution in [3.63, 3.8) is 0 Å². The molecule has 4 nitrogen and oxygen atoms in total. The molecule has 1 aromatic rings. The maximum absolute atomic E-state index is 12.2. The number of aliphatic carboxylic acids is 1. The fourth-order valence-electron chi connectivity index (χ4n) is 4.15. The van der Waals surface area contributed by atoms with Crippen LogP contribution in [-0.2, 0) is 11.2 Å². The zero-order valence-corrected chi connectivity index (χ0v) is 29.2. The molecule has 0 saturated carbocycles. The van der Waals surface area contributed by atoms with Crippen LogP contribution in [0.2, 0.25) is 0 Å². The van der Waals surface area contributed by atoms with Crippen LogP contribution in [0.5, 0.6) is 5.75 Å². The molecule has 1 rings (SSSR count). The first-order valence-corrected chi connectivity index (χ1v) is 17.3. The lowest BCUT2D eigenvalue weighted by atomic mass is 9.86. The van der Waals surface area contributed by atoms with Crippen LogP contribution >= 0.6 is 90.9 Å². The van der Waals surface area contributed by atoms with E-state index in [9.17, 15) is 15.0 Å². The number of phenols is 1. The number of hydrogen-bond donors (Lipinski definition) is 2. The number of carboxylic acid groups (broad SMARTS) is 1. The van der Waals surface area contributed by atoms with Gasteiger partial charge in [-0.15, -0.1) is 0 Å². The van der Waals surface area contributed by atoms with Crippen molar-refractivity contribution in [2.45, 2.75) is 110 Å². The third-order valence-electron chi connectivity index (χ3n) is 6.33. The molecule has 0 aliphatic rings. The monoisotopic (exact) mass is 935 g/mol. The topological polar surface area (TPSA) is 60.8 Å². The lowest BCUT2D eigenvalue weighted by Gasteiger charge is -2.33. The summed E-state index contributed by atoms with van der Waals surface area (Å²) in [6, 6.07) is 6.87. The first kappa shape index (κ1) is 34.1. The SMILES string of the molecule is O=C(O)[C@](CCCCCCCC/C=C/CCCCCCCC(I)I)(Cc1ccc(O)cc1)N(I)I. The van der Waals surface area contributed by atoms with Gasteiger partial charge in [0.2, 0.25) is 0 Å². The molecular weight excluding hydrogens is 894 g/mol. The number of allylic oxidation sites excluding steroid dienone is 2. The van der Waals surface area contributed by atoms with Gasteiger partial charge in [0.1, 0.15) is 11.3 Å². The molecule has 0 bridgehead atoms. The molecule has 0 spiro atoms. The average molecular weight is 935 g/mol. The Kier molecular flexibility index (Phi) is 20.5. The number of benzene rings is 1. The highest BCUT2D eigenvalue weighted by Gasteiger charge is 2.42. The van der Waals surface area contributed by atoms with Crippen LogP contribution in [0.15, 0.2) is 36.4 Å². The van der Waals surface area contributed by atoms with Crippen molar-refractivity contribution in [3.8, 4) is 5.75 Å². The van der Waals surface area contributed by atoms with Crippen molar-refractivity contribution < 1.29 is 15.0 Å². The molecule has 1 aromatic carbocycles. The van der Waals surface area contributed by atoms with E-state index >= 15 is 0 Å². The Morgan fingerprint density at radius 3 is 1.80 bits per heavy atom. The second kappa shape index (κ2) is 21.0. The van der Waals surface area contributed by atoms with Crippen molar-refractivity contribution in [2.24, 2.45) is 0 Å². The molecule has 0 aromatic heterocycles. The highest BCUT2D eigenvalue weighted by molar-refractivity contribution is 14.2. The molecule has 0 fully saturated rings. The zero-order valence-electron chi connectivity index (χ0n) is 20.6. The Labute approximate surface area is 268 Å². The van der Waals surface area contributed by atoms with Crippen LogP contribution in [0, 0.1) is 0 Å². The van der Waals surface area contributed by atoms with Crippen molar-refractivity contribution in [1.82, 2.24) is 1.33 Å². The molecule has 0 radical (unpaired) electrons. The number of aromatic hydroxyl groups is 1. The van der Waals surface area contributed by atoms with Crippen LogP contribution in [0.1, 0.15) is 102 Å². The summed E-state index contributed by atoms with van der Waals surface area (Å²) in [6.45, 7) is 0. The van der Waals surface area contributed by atoms with Crippen molar-refractivity contribution in [3.05, 3.63) is 42.0 Å². The minimum Gasteiger partial charge on any atom is -0.508 e. The summed E-state index contributed by atoms with van der Waals surface area (Å²) in [7, 11) is 0. The Hall–Kier alpha value is 1.11. The fourth-order valence-corrected chi connectivity index (χ4v) is 6.27. The second-order valence-corrected chi connectivity index (χ2v) is 18.4.